The highest BCUT2D eigenvalue weighted by Crippen LogP contribution is 2.48. The van der Waals surface area contributed by atoms with E-state index < -0.39 is 0 Å². The zero-order valence-electron chi connectivity index (χ0n) is 18.7. The van der Waals surface area contributed by atoms with Crippen LogP contribution in [0.15, 0.2) is 30.3 Å². The second-order valence-corrected chi connectivity index (χ2v) is 8.72. The molecular formula is C24H32N4O3. The van der Waals surface area contributed by atoms with E-state index in [2.05, 4.69) is 50.5 Å². The van der Waals surface area contributed by atoms with E-state index in [1.165, 1.54) is 25.5 Å². The molecule has 1 saturated heterocycles. The molecule has 1 N–H and O–H groups in total. The lowest BCUT2D eigenvalue weighted by Gasteiger charge is -2.35. The minimum absolute atomic E-state index is 0.0171. The van der Waals surface area contributed by atoms with Crippen LogP contribution in [0, 0.1) is 6.92 Å². The van der Waals surface area contributed by atoms with Gasteiger partial charge in [0.1, 0.15) is 0 Å². The van der Waals surface area contributed by atoms with E-state index in [1.807, 2.05) is 6.92 Å². The first-order valence-electron chi connectivity index (χ1n) is 11.1. The summed E-state index contributed by atoms with van der Waals surface area (Å²) in [7, 11) is 3.05. The predicted molar refractivity (Wildman–Crippen MR) is 119 cm³/mol. The average Bonchev–Trinajstić information content (AvgIpc) is 3.57. The van der Waals surface area contributed by atoms with Crippen molar-refractivity contribution in [2.45, 2.75) is 50.5 Å². The van der Waals surface area contributed by atoms with Gasteiger partial charge >= 0.3 is 6.01 Å². The third-order valence-electron chi connectivity index (χ3n) is 6.59. The van der Waals surface area contributed by atoms with Crippen LogP contribution in [0.1, 0.15) is 42.5 Å². The van der Waals surface area contributed by atoms with Crippen molar-refractivity contribution in [1.82, 2.24) is 20.2 Å². The van der Waals surface area contributed by atoms with Crippen molar-refractivity contribution in [2.75, 3.05) is 33.9 Å². The summed E-state index contributed by atoms with van der Waals surface area (Å²) in [6.07, 6.45) is 4.71. The zero-order valence-corrected chi connectivity index (χ0v) is 18.7. The molecule has 31 heavy (non-hydrogen) atoms. The minimum Gasteiger partial charge on any atom is -0.481 e. The van der Waals surface area contributed by atoms with Gasteiger partial charge in [-0.3, -0.25) is 4.79 Å². The van der Waals surface area contributed by atoms with Crippen molar-refractivity contribution >= 4 is 5.91 Å². The molecule has 0 bridgehead atoms. The van der Waals surface area contributed by atoms with Crippen LogP contribution in [0.25, 0.3) is 0 Å². The Morgan fingerprint density at radius 3 is 2.45 bits per heavy atom. The molecule has 0 spiro atoms. The molecule has 2 fully saturated rings. The molecule has 7 nitrogen and oxygen atoms in total. The van der Waals surface area contributed by atoms with Crippen molar-refractivity contribution in [3.05, 3.63) is 47.2 Å². The SMILES string of the molecule is COc1nc(C)c(CC(=O)NC2CCN(CC3(c4ccccc4)CC3)CC2)c(OC)n1. The Morgan fingerprint density at radius 1 is 1.13 bits per heavy atom. The second-order valence-electron chi connectivity index (χ2n) is 8.72. The Balaban J connectivity index is 1.28. The van der Waals surface area contributed by atoms with Gasteiger partial charge in [-0.25, -0.2) is 4.98 Å². The molecule has 1 aromatic heterocycles. The summed E-state index contributed by atoms with van der Waals surface area (Å²) >= 11 is 0. The molecule has 1 saturated carbocycles. The topological polar surface area (TPSA) is 76.6 Å². The normalized spacial score (nSPS) is 18.4. The molecule has 1 aliphatic heterocycles. The molecule has 1 aromatic carbocycles. The fraction of sp³-hybridized carbons (Fsp3) is 0.542. The van der Waals surface area contributed by atoms with Gasteiger partial charge in [-0.1, -0.05) is 30.3 Å². The number of methoxy groups -OCH3 is 2. The molecule has 2 heterocycles. The van der Waals surface area contributed by atoms with Crippen LogP contribution in [0.5, 0.6) is 11.9 Å². The number of hydrogen-bond donors (Lipinski definition) is 1. The average molecular weight is 425 g/mol. The number of rotatable bonds is 8. The smallest absolute Gasteiger partial charge is 0.319 e. The summed E-state index contributed by atoms with van der Waals surface area (Å²) in [5, 5.41) is 3.20. The van der Waals surface area contributed by atoms with Crippen molar-refractivity contribution < 1.29 is 14.3 Å². The lowest BCUT2D eigenvalue weighted by atomic mass is 9.94. The number of carbonyl (C=O) groups excluding carboxylic acids is 1. The molecular weight excluding hydrogens is 392 g/mol. The zero-order chi connectivity index (χ0) is 21.8. The molecule has 2 aliphatic rings. The molecule has 0 radical (unpaired) electrons. The van der Waals surface area contributed by atoms with Crippen LogP contribution in [0.3, 0.4) is 0 Å². The van der Waals surface area contributed by atoms with Gasteiger partial charge in [-0.2, -0.15) is 4.98 Å². The standard InChI is InChI=1S/C24H32N4O3/c1-17-20(22(30-2)27-23(25-17)31-3)15-21(29)26-19-9-13-28(14-10-19)16-24(11-12-24)18-7-5-4-6-8-18/h4-8,19H,9-16H2,1-3H3,(H,26,29). The van der Waals surface area contributed by atoms with Gasteiger partial charge in [0.25, 0.3) is 0 Å². The summed E-state index contributed by atoms with van der Waals surface area (Å²) in [6, 6.07) is 11.3. The molecule has 2 aromatic rings. The van der Waals surface area contributed by atoms with E-state index in [4.69, 9.17) is 9.47 Å². The number of nitrogens with zero attached hydrogens (tertiary/aromatic N) is 3. The summed E-state index contributed by atoms with van der Waals surface area (Å²) < 4.78 is 10.4. The van der Waals surface area contributed by atoms with Gasteiger partial charge in [0.15, 0.2) is 0 Å². The Bertz CT molecular complexity index is 907. The fourth-order valence-corrected chi connectivity index (χ4v) is 4.59. The van der Waals surface area contributed by atoms with Crippen LogP contribution in [0.4, 0.5) is 0 Å². The van der Waals surface area contributed by atoms with Crippen molar-refractivity contribution in [3.63, 3.8) is 0 Å². The van der Waals surface area contributed by atoms with E-state index in [0.29, 0.717) is 22.6 Å². The highest BCUT2D eigenvalue weighted by molar-refractivity contribution is 5.79. The van der Waals surface area contributed by atoms with Gasteiger partial charge in [0.2, 0.25) is 11.8 Å². The van der Waals surface area contributed by atoms with Gasteiger partial charge in [-0.15, -0.1) is 0 Å². The highest BCUT2D eigenvalue weighted by atomic mass is 16.5. The number of piperidine rings is 1. The van der Waals surface area contributed by atoms with Crippen LogP contribution in [-0.4, -0.2) is 60.7 Å². The number of aryl methyl sites for hydroxylation is 1. The number of benzene rings is 1. The lowest BCUT2D eigenvalue weighted by molar-refractivity contribution is -0.121. The number of aromatic nitrogens is 2. The van der Waals surface area contributed by atoms with Gasteiger partial charge in [0.05, 0.1) is 26.3 Å². The Morgan fingerprint density at radius 2 is 1.84 bits per heavy atom. The van der Waals surface area contributed by atoms with Crippen LogP contribution in [-0.2, 0) is 16.6 Å². The van der Waals surface area contributed by atoms with E-state index >= 15 is 0 Å². The van der Waals surface area contributed by atoms with Crippen molar-refractivity contribution in [2.24, 2.45) is 0 Å². The minimum atomic E-state index is -0.0171. The summed E-state index contributed by atoms with van der Waals surface area (Å²) in [4.78, 5) is 23.7. The summed E-state index contributed by atoms with van der Waals surface area (Å²) in [6.45, 7) is 5.01. The Hall–Kier alpha value is -2.67. The number of nitrogens with one attached hydrogen (secondary N) is 1. The Labute approximate surface area is 184 Å². The molecule has 166 valence electrons. The molecule has 4 rings (SSSR count). The first kappa shape index (κ1) is 21.6. The van der Waals surface area contributed by atoms with Gasteiger partial charge in [-0.05, 0) is 38.2 Å². The molecule has 7 heteroatoms. The number of amides is 1. The van der Waals surface area contributed by atoms with E-state index in [-0.39, 0.29) is 24.4 Å². The molecule has 0 unspecified atom stereocenters. The molecule has 0 atom stereocenters. The number of hydrogen-bond acceptors (Lipinski definition) is 6. The maximum absolute atomic E-state index is 12.7. The van der Waals surface area contributed by atoms with Crippen LogP contribution >= 0.6 is 0 Å². The largest absolute Gasteiger partial charge is 0.481 e. The first-order valence-corrected chi connectivity index (χ1v) is 11.1. The maximum atomic E-state index is 12.7. The quantitative estimate of drug-likeness (QED) is 0.702. The lowest BCUT2D eigenvalue weighted by Crippen LogP contribution is -2.46. The molecule has 1 amide bonds. The van der Waals surface area contributed by atoms with Crippen LogP contribution in [0.2, 0.25) is 0 Å². The highest BCUT2D eigenvalue weighted by Gasteiger charge is 2.45. The van der Waals surface area contributed by atoms with E-state index in [1.54, 1.807) is 7.11 Å². The number of likely N-dealkylation sites (tertiary alicyclic amines) is 1. The van der Waals surface area contributed by atoms with Crippen LogP contribution < -0.4 is 14.8 Å². The number of ether oxygens (including phenoxy) is 2. The predicted octanol–water partition coefficient (Wildman–Crippen LogP) is 2.66. The third kappa shape index (κ3) is 4.98. The maximum Gasteiger partial charge on any atom is 0.319 e. The fourth-order valence-electron chi connectivity index (χ4n) is 4.59. The van der Waals surface area contributed by atoms with Gasteiger partial charge in [0, 0.05) is 36.7 Å². The van der Waals surface area contributed by atoms with Crippen molar-refractivity contribution in [1.29, 1.82) is 0 Å². The summed E-state index contributed by atoms with van der Waals surface area (Å²) in [5.41, 5.74) is 3.22. The third-order valence-corrected chi connectivity index (χ3v) is 6.59. The van der Waals surface area contributed by atoms with Crippen molar-refractivity contribution in [3.8, 4) is 11.9 Å². The van der Waals surface area contributed by atoms with E-state index in [0.717, 1.165) is 32.5 Å². The second kappa shape index (κ2) is 9.22. The Kier molecular flexibility index (Phi) is 6.41. The van der Waals surface area contributed by atoms with E-state index in [9.17, 15) is 4.79 Å². The summed E-state index contributed by atoms with van der Waals surface area (Å²) in [5.74, 6) is 0.376. The first-order chi connectivity index (χ1) is 15.0. The molecule has 1 aliphatic carbocycles. The monoisotopic (exact) mass is 424 g/mol. The van der Waals surface area contributed by atoms with Gasteiger partial charge < -0.3 is 19.7 Å². The number of carbonyl (C=O) groups is 1.